The zero-order valence-corrected chi connectivity index (χ0v) is 10.6. The summed E-state index contributed by atoms with van der Waals surface area (Å²) >= 11 is 11.8. The molecule has 2 rings (SSSR count). The molecule has 16 heavy (non-hydrogen) atoms. The minimum Gasteiger partial charge on any atom is -0.205 e. The van der Waals surface area contributed by atoms with E-state index in [2.05, 4.69) is 0 Å². The van der Waals surface area contributed by atoms with Gasteiger partial charge in [-0.2, -0.15) is 0 Å². The molecule has 0 N–H and O–H groups in total. The van der Waals surface area contributed by atoms with Gasteiger partial charge in [0.2, 0.25) is 0 Å². The molecule has 0 saturated heterocycles. The molecule has 1 saturated carbocycles. The van der Waals surface area contributed by atoms with Crippen molar-refractivity contribution in [3.05, 3.63) is 34.6 Å². The van der Waals surface area contributed by atoms with Gasteiger partial charge in [-0.3, -0.25) is 0 Å². The van der Waals surface area contributed by atoms with Gasteiger partial charge in [-0.15, -0.1) is 11.6 Å². The number of alkyl halides is 1. The Balaban J connectivity index is 2.22. The van der Waals surface area contributed by atoms with Crippen LogP contribution < -0.4 is 0 Å². The Labute approximate surface area is 106 Å². The molecular weight excluding hydrogens is 246 g/mol. The summed E-state index contributed by atoms with van der Waals surface area (Å²) < 4.78 is 13.8. The highest BCUT2D eigenvalue weighted by Crippen LogP contribution is 2.42. The van der Waals surface area contributed by atoms with E-state index >= 15 is 0 Å². The fourth-order valence-electron chi connectivity index (χ4n) is 2.57. The van der Waals surface area contributed by atoms with Gasteiger partial charge in [-0.1, -0.05) is 36.6 Å². The molecule has 0 spiro atoms. The Morgan fingerprint density at radius 1 is 1.25 bits per heavy atom. The van der Waals surface area contributed by atoms with Gasteiger partial charge < -0.3 is 0 Å². The van der Waals surface area contributed by atoms with Crippen LogP contribution >= 0.6 is 23.2 Å². The van der Waals surface area contributed by atoms with E-state index in [0.29, 0.717) is 17.9 Å². The third-order valence-electron chi connectivity index (χ3n) is 3.54. The molecule has 88 valence electrons. The maximum Gasteiger partial charge on any atom is 0.144 e. The Kier molecular flexibility index (Phi) is 3.76. The van der Waals surface area contributed by atoms with E-state index < -0.39 is 0 Å². The summed E-state index contributed by atoms with van der Waals surface area (Å²) in [5, 5.41) is 0.209. The third-order valence-corrected chi connectivity index (χ3v) is 4.40. The van der Waals surface area contributed by atoms with E-state index in [1.807, 2.05) is 6.07 Å². The van der Waals surface area contributed by atoms with Crippen molar-refractivity contribution in [3.8, 4) is 0 Å². The summed E-state index contributed by atoms with van der Waals surface area (Å²) in [6.45, 7) is 0. The van der Waals surface area contributed by atoms with E-state index in [-0.39, 0.29) is 16.3 Å². The summed E-state index contributed by atoms with van der Waals surface area (Å²) in [5.41, 5.74) is 0.794. The first-order valence-electron chi connectivity index (χ1n) is 5.66. The lowest BCUT2D eigenvalue weighted by Crippen LogP contribution is -2.22. The van der Waals surface area contributed by atoms with Crippen LogP contribution in [0.2, 0.25) is 5.02 Å². The van der Waals surface area contributed by atoms with Crippen molar-refractivity contribution in [1.82, 2.24) is 0 Å². The molecule has 1 aliphatic rings. The second kappa shape index (κ2) is 4.93. The Morgan fingerprint density at radius 2 is 1.94 bits per heavy atom. The van der Waals surface area contributed by atoms with E-state index in [1.165, 1.54) is 12.8 Å². The highest BCUT2D eigenvalue weighted by Gasteiger charge is 2.33. The second-order valence-corrected chi connectivity index (χ2v) is 5.40. The van der Waals surface area contributed by atoms with Crippen molar-refractivity contribution in [1.29, 1.82) is 0 Å². The van der Waals surface area contributed by atoms with E-state index in [4.69, 9.17) is 23.2 Å². The minimum atomic E-state index is -0.277. The van der Waals surface area contributed by atoms with Crippen molar-refractivity contribution in [2.24, 2.45) is 5.41 Å². The summed E-state index contributed by atoms with van der Waals surface area (Å²) in [6, 6.07) is 5.20. The Morgan fingerprint density at radius 3 is 2.56 bits per heavy atom. The first-order chi connectivity index (χ1) is 7.67. The lowest BCUT2D eigenvalue weighted by molar-refractivity contribution is 0.335. The molecule has 0 heterocycles. The second-order valence-electron chi connectivity index (χ2n) is 4.73. The summed E-state index contributed by atoms with van der Waals surface area (Å²) in [5.74, 6) is 0.333. The van der Waals surface area contributed by atoms with E-state index in [9.17, 15) is 4.39 Å². The number of hydrogen-bond donors (Lipinski definition) is 0. The number of hydrogen-bond acceptors (Lipinski definition) is 0. The van der Waals surface area contributed by atoms with Gasteiger partial charge in [-0.25, -0.2) is 4.39 Å². The molecule has 0 amide bonds. The van der Waals surface area contributed by atoms with Crippen LogP contribution in [0.3, 0.4) is 0 Å². The molecule has 0 unspecified atom stereocenters. The molecule has 3 heteroatoms. The van der Waals surface area contributed by atoms with Crippen molar-refractivity contribution in [2.45, 2.75) is 32.1 Å². The van der Waals surface area contributed by atoms with Crippen molar-refractivity contribution in [2.75, 3.05) is 5.88 Å². The highest BCUT2D eigenvalue weighted by atomic mass is 35.5. The number of halogens is 3. The van der Waals surface area contributed by atoms with Crippen LogP contribution in [0.1, 0.15) is 31.2 Å². The topological polar surface area (TPSA) is 0 Å². The monoisotopic (exact) mass is 260 g/mol. The van der Waals surface area contributed by atoms with Crippen LogP contribution in [0.4, 0.5) is 4.39 Å². The van der Waals surface area contributed by atoms with Crippen LogP contribution in [-0.2, 0) is 6.42 Å². The van der Waals surface area contributed by atoms with Crippen LogP contribution in [0, 0.1) is 11.2 Å². The molecule has 0 atom stereocenters. The van der Waals surface area contributed by atoms with Gasteiger partial charge in [0.05, 0.1) is 5.02 Å². The molecule has 1 fully saturated rings. The van der Waals surface area contributed by atoms with Gasteiger partial charge in [-0.05, 0) is 36.3 Å². The molecule has 0 aliphatic heterocycles. The summed E-state index contributed by atoms with van der Waals surface area (Å²) in [7, 11) is 0. The summed E-state index contributed by atoms with van der Waals surface area (Å²) in [6.07, 6.45) is 5.32. The molecule has 1 aliphatic carbocycles. The lowest BCUT2D eigenvalue weighted by Gasteiger charge is -2.26. The maximum atomic E-state index is 13.8. The van der Waals surface area contributed by atoms with Crippen LogP contribution in [0.15, 0.2) is 18.2 Å². The predicted molar refractivity (Wildman–Crippen MR) is 66.7 cm³/mol. The Hall–Kier alpha value is -0.270. The quantitative estimate of drug-likeness (QED) is 0.684. The first-order valence-corrected chi connectivity index (χ1v) is 6.57. The zero-order valence-electron chi connectivity index (χ0n) is 9.11. The van der Waals surface area contributed by atoms with Crippen molar-refractivity contribution in [3.63, 3.8) is 0 Å². The fourth-order valence-corrected chi connectivity index (χ4v) is 3.13. The van der Waals surface area contributed by atoms with Gasteiger partial charge >= 0.3 is 0 Å². The minimum absolute atomic E-state index is 0.0904. The SMILES string of the molecule is Fc1c(Cl)cccc1CC1(CCl)CCCC1. The smallest absolute Gasteiger partial charge is 0.144 e. The van der Waals surface area contributed by atoms with Crippen molar-refractivity contribution >= 4 is 23.2 Å². The fraction of sp³-hybridized carbons (Fsp3) is 0.538. The number of benzene rings is 1. The lowest BCUT2D eigenvalue weighted by atomic mass is 9.82. The maximum absolute atomic E-state index is 13.8. The summed E-state index contributed by atoms with van der Waals surface area (Å²) in [4.78, 5) is 0. The van der Waals surface area contributed by atoms with Gasteiger partial charge in [0.15, 0.2) is 0 Å². The average Bonchev–Trinajstić information content (AvgIpc) is 2.74. The predicted octanol–water partition coefficient (Wildman–Crippen LogP) is 4.82. The van der Waals surface area contributed by atoms with Gasteiger partial charge in [0, 0.05) is 5.88 Å². The zero-order chi connectivity index (χ0) is 11.6. The number of rotatable bonds is 3. The molecule has 1 aromatic carbocycles. The van der Waals surface area contributed by atoms with Gasteiger partial charge in [0.1, 0.15) is 5.82 Å². The largest absolute Gasteiger partial charge is 0.205 e. The molecule has 0 aromatic heterocycles. The third kappa shape index (κ3) is 2.36. The van der Waals surface area contributed by atoms with Crippen LogP contribution in [0.25, 0.3) is 0 Å². The average molecular weight is 261 g/mol. The molecule has 0 radical (unpaired) electrons. The van der Waals surface area contributed by atoms with E-state index in [0.717, 1.165) is 12.8 Å². The van der Waals surface area contributed by atoms with Gasteiger partial charge in [0.25, 0.3) is 0 Å². The molecular formula is C13H15Cl2F. The van der Waals surface area contributed by atoms with Crippen molar-refractivity contribution < 1.29 is 4.39 Å². The highest BCUT2D eigenvalue weighted by molar-refractivity contribution is 6.30. The standard InChI is InChI=1S/C13H15Cl2F/c14-9-13(6-1-2-7-13)8-10-4-3-5-11(15)12(10)16/h3-5H,1-2,6-9H2. The molecule has 0 nitrogen and oxygen atoms in total. The Bertz CT molecular complexity index is 370. The van der Waals surface area contributed by atoms with Crippen LogP contribution in [-0.4, -0.2) is 5.88 Å². The van der Waals surface area contributed by atoms with E-state index in [1.54, 1.807) is 12.1 Å². The normalized spacial score (nSPS) is 18.9. The van der Waals surface area contributed by atoms with Crippen LogP contribution in [0.5, 0.6) is 0 Å². The molecule has 0 bridgehead atoms. The molecule has 1 aromatic rings. The first kappa shape index (κ1) is 12.2.